The largest absolute Gasteiger partial charge is 0.504 e. The second-order valence-corrected chi connectivity index (χ2v) is 11.4. The van der Waals surface area contributed by atoms with Crippen LogP contribution in [-0.2, 0) is 19.2 Å². The minimum Gasteiger partial charge on any atom is -0.504 e. The number of carbonyl (C=O) groups is 4. The highest BCUT2D eigenvalue weighted by Gasteiger charge is 2.56. The summed E-state index contributed by atoms with van der Waals surface area (Å²) >= 11 is 3.24. The van der Waals surface area contributed by atoms with Gasteiger partial charge in [0.2, 0.25) is 11.8 Å². The number of phenols is 1. The maximum absolute atomic E-state index is 13.9. The second kappa shape index (κ2) is 10.3. The molecule has 0 aromatic heterocycles. The van der Waals surface area contributed by atoms with Gasteiger partial charge in [-0.05, 0) is 70.1 Å². The first-order chi connectivity index (χ1) is 19.7. The molecule has 1 heterocycles. The molecule has 1 N–H and O–H groups in total. The number of fused-ring (bicyclic) bond motifs is 3. The maximum atomic E-state index is 13.9. The molecule has 2 amide bonds. The summed E-state index contributed by atoms with van der Waals surface area (Å²) in [5.74, 6) is -2.93. The zero-order valence-electron chi connectivity index (χ0n) is 22.2. The Balaban J connectivity index is 1.41. The van der Waals surface area contributed by atoms with Gasteiger partial charge in [-0.25, -0.2) is 0 Å². The first kappa shape index (κ1) is 26.9. The van der Waals surface area contributed by atoms with E-state index in [1.54, 1.807) is 30.3 Å². The molecule has 0 bridgehead atoms. The number of allylic oxidation sites excluding steroid dienone is 7. The summed E-state index contributed by atoms with van der Waals surface area (Å²) in [6, 6.07) is 12.0. The molecule has 2 aromatic rings. The van der Waals surface area contributed by atoms with Gasteiger partial charge in [-0.15, -0.1) is 0 Å². The van der Waals surface area contributed by atoms with E-state index in [1.165, 1.54) is 24.2 Å². The molecule has 6 rings (SSSR count). The van der Waals surface area contributed by atoms with Crippen molar-refractivity contribution in [3.63, 3.8) is 0 Å². The van der Waals surface area contributed by atoms with Crippen LogP contribution in [-0.4, -0.2) is 35.6 Å². The Kier molecular flexibility index (Phi) is 6.74. The van der Waals surface area contributed by atoms with E-state index in [9.17, 15) is 24.3 Å². The highest BCUT2D eigenvalue weighted by Crippen LogP contribution is 2.53. The average molecular weight is 612 g/mol. The van der Waals surface area contributed by atoms with Crippen molar-refractivity contribution in [2.24, 2.45) is 23.7 Å². The molecule has 1 saturated heterocycles. The number of Topliss-reactive ketones (excluding diaryl/α,β-unsaturated/α-hetero) is 1. The molecule has 7 nitrogen and oxygen atoms in total. The monoisotopic (exact) mass is 611 g/mol. The van der Waals surface area contributed by atoms with Gasteiger partial charge >= 0.3 is 0 Å². The van der Waals surface area contributed by atoms with Crippen LogP contribution in [0.5, 0.6) is 11.5 Å². The molecule has 0 saturated carbocycles. The molecule has 4 aliphatic rings. The van der Waals surface area contributed by atoms with Gasteiger partial charge in [-0.3, -0.25) is 24.1 Å². The number of hydrogen-bond donors (Lipinski definition) is 1. The van der Waals surface area contributed by atoms with E-state index in [2.05, 4.69) is 22.5 Å². The lowest BCUT2D eigenvalue weighted by molar-refractivity contribution is -0.123. The van der Waals surface area contributed by atoms with Crippen molar-refractivity contribution in [2.75, 3.05) is 12.0 Å². The van der Waals surface area contributed by atoms with E-state index in [-0.39, 0.29) is 40.0 Å². The fourth-order valence-corrected chi connectivity index (χ4v) is 6.95. The van der Waals surface area contributed by atoms with Crippen LogP contribution in [0.1, 0.15) is 24.0 Å². The van der Waals surface area contributed by atoms with Crippen LogP contribution in [0.3, 0.4) is 0 Å². The molecule has 0 unspecified atom stereocenters. The number of amides is 2. The molecule has 1 fully saturated rings. The van der Waals surface area contributed by atoms with Gasteiger partial charge in [0.05, 0.1) is 29.1 Å². The number of aromatic hydroxyl groups is 1. The Morgan fingerprint density at radius 1 is 1.02 bits per heavy atom. The number of rotatable bonds is 5. The number of nitrogens with zero attached hydrogens (tertiary/aromatic N) is 1. The molecule has 1 aliphatic heterocycles. The quantitative estimate of drug-likeness (QED) is 0.270. The van der Waals surface area contributed by atoms with Crippen molar-refractivity contribution in [1.29, 1.82) is 0 Å². The SMILES string of the molecule is C=Cc1ccc(N2C(=O)[C@H]3[C@H](CC=C4[C@H](C=Cc5ccc(O)c(OC)c5)C5=C(C[C@H]43)C(=O)C(Br)=CC5=O)C2=O)cc1. The Bertz CT molecular complexity index is 1660. The van der Waals surface area contributed by atoms with Crippen LogP contribution >= 0.6 is 15.9 Å². The predicted octanol–water partition coefficient (Wildman–Crippen LogP) is 5.56. The lowest BCUT2D eigenvalue weighted by Gasteiger charge is -2.41. The lowest BCUT2D eigenvalue weighted by atomic mass is 9.61. The second-order valence-electron chi connectivity index (χ2n) is 10.5. The minimum atomic E-state index is -0.645. The number of benzene rings is 2. The molecule has 0 spiro atoms. The number of hydrogen-bond acceptors (Lipinski definition) is 6. The molecule has 4 atom stereocenters. The minimum absolute atomic E-state index is 0.00421. The third-order valence-electron chi connectivity index (χ3n) is 8.45. The lowest BCUT2D eigenvalue weighted by Crippen LogP contribution is -2.40. The topological polar surface area (TPSA) is 101 Å². The Morgan fingerprint density at radius 3 is 2.46 bits per heavy atom. The summed E-state index contributed by atoms with van der Waals surface area (Å²) in [6.45, 7) is 3.76. The van der Waals surface area contributed by atoms with Crippen LogP contribution < -0.4 is 9.64 Å². The number of anilines is 1. The van der Waals surface area contributed by atoms with Crippen molar-refractivity contribution < 1.29 is 29.0 Å². The predicted molar refractivity (Wildman–Crippen MR) is 158 cm³/mol. The normalized spacial score (nSPS) is 25.6. The number of phenolic OH excluding ortho intramolecular Hbond substituents is 1. The summed E-state index contributed by atoms with van der Waals surface area (Å²) in [5, 5.41) is 9.99. The molecule has 206 valence electrons. The summed E-state index contributed by atoms with van der Waals surface area (Å²) in [4.78, 5) is 55.4. The van der Waals surface area contributed by atoms with Crippen LogP contribution in [0.25, 0.3) is 12.2 Å². The summed E-state index contributed by atoms with van der Waals surface area (Å²) in [7, 11) is 1.46. The van der Waals surface area contributed by atoms with Gasteiger partial charge in [0, 0.05) is 23.1 Å². The van der Waals surface area contributed by atoms with Crippen LogP contribution in [0.4, 0.5) is 5.69 Å². The number of ketones is 2. The number of carbonyl (C=O) groups excluding carboxylic acids is 4. The standard InChI is InChI=1S/C33H26BrNO6/c1-3-17-4-8-19(9-5-17)35-32(39)22-12-11-20-21(10-6-18-7-13-26(36)28(14-18)41-2)29-24(15-23(20)30(22)33(35)40)31(38)25(34)16-27(29)37/h3-11,13-14,16,21-23,30,36H,1,12,15H2,2H3/t21-,22-,23+,30-/m0/s1. The number of imide groups is 1. The molecule has 3 aliphatic carbocycles. The number of halogens is 1. The van der Waals surface area contributed by atoms with Crippen LogP contribution in [0.2, 0.25) is 0 Å². The van der Waals surface area contributed by atoms with E-state index in [0.717, 1.165) is 16.7 Å². The smallest absolute Gasteiger partial charge is 0.238 e. The number of methoxy groups -OCH3 is 1. The van der Waals surface area contributed by atoms with E-state index in [4.69, 9.17) is 4.74 Å². The highest BCUT2D eigenvalue weighted by molar-refractivity contribution is 9.12. The van der Waals surface area contributed by atoms with Crippen molar-refractivity contribution in [2.45, 2.75) is 12.8 Å². The van der Waals surface area contributed by atoms with Gasteiger partial charge in [0.25, 0.3) is 0 Å². The maximum Gasteiger partial charge on any atom is 0.238 e. The Labute approximate surface area is 245 Å². The Morgan fingerprint density at radius 2 is 1.76 bits per heavy atom. The molecular weight excluding hydrogens is 586 g/mol. The third kappa shape index (κ3) is 4.34. The zero-order chi connectivity index (χ0) is 29.0. The summed E-state index contributed by atoms with van der Waals surface area (Å²) in [6.07, 6.45) is 9.20. The van der Waals surface area contributed by atoms with Crippen LogP contribution in [0.15, 0.2) is 88.5 Å². The summed E-state index contributed by atoms with van der Waals surface area (Å²) in [5.41, 5.74) is 3.75. The van der Waals surface area contributed by atoms with Gasteiger partial charge in [0.15, 0.2) is 23.1 Å². The van der Waals surface area contributed by atoms with E-state index < -0.39 is 23.7 Å². The van der Waals surface area contributed by atoms with Gasteiger partial charge in [0.1, 0.15) is 0 Å². The zero-order valence-corrected chi connectivity index (χ0v) is 23.8. The van der Waals surface area contributed by atoms with Crippen LogP contribution in [0, 0.1) is 23.7 Å². The van der Waals surface area contributed by atoms with Gasteiger partial charge in [-0.1, -0.05) is 54.7 Å². The van der Waals surface area contributed by atoms with Gasteiger partial charge < -0.3 is 9.84 Å². The number of ether oxygens (including phenoxy) is 1. The van der Waals surface area contributed by atoms with Crippen molar-refractivity contribution in [3.8, 4) is 11.5 Å². The first-order valence-corrected chi connectivity index (χ1v) is 14.1. The third-order valence-corrected chi connectivity index (χ3v) is 9.04. The fourth-order valence-electron chi connectivity index (χ4n) is 6.50. The van der Waals surface area contributed by atoms with Crippen molar-refractivity contribution in [1.82, 2.24) is 0 Å². The molecular formula is C33H26BrNO6. The van der Waals surface area contributed by atoms with E-state index >= 15 is 0 Å². The van der Waals surface area contributed by atoms with Crippen molar-refractivity contribution >= 4 is 57.2 Å². The van der Waals surface area contributed by atoms with E-state index in [1.807, 2.05) is 30.4 Å². The highest BCUT2D eigenvalue weighted by atomic mass is 79.9. The molecule has 41 heavy (non-hydrogen) atoms. The Hall–Kier alpha value is -4.30. The van der Waals surface area contributed by atoms with Gasteiger partial charge in [-0.2, -0.15) is 0 Å². The van der Waals surface area contributed by atoms with E-state index in [0.29, 0.717) is 29.0 Å². The molecule has 2 aromatic carbocycles. The first-order valence-electron chi connectivity index (χ1n) is 13.3. The fraction of sp³-hybridized carbons (Fsp3) is 0.212. The molecule has 8 heteroatoms. The van der Waals surface area contributed by atoms with Crippen molar-refractivity contribution in [3.05, 3.63) is 99.6 Å². The molecule has 0 radical (unpaired) electrons. The average Bonchev–Trinajstić information content (AvgIpc) is 3.24. The summed E-state index contributed by atoms with van der Waals surface area (Å²) < 4.78 is 5.41.